The van der Waals surface area contributed by atoms with Gasteiger partial charge in [0, 0.05) is 19.7 Å². The van der Waals surface area contributed by atoms with Crippen LogP contribution >= 0.6 is 0 Å². The Labute approximate surface area is 122 Å². The van der Waals surface area contributed by atoms with Gasteiger partial charge in [0.2, 0.25) is 11.7 Å². The number of nitro benzene ring substituents is 1. The van der Waals surface area contributed by atoms with Crippen LogP contribution in [-0.4, -0.2) is 35.4 Å². The van der Waals surface area contributed by atoms with Crippen molar-refractivity contribution in [1.29, 1.82) is 0 Å². The van der Waals surface area contributed by atoms with Gasteiger partial charge < -0.3 is 5.32 Å². The quantitative estimate of drug-likeness (QED) is 0.679. The summed E-state index contributed by atoms with van der Waals surface area (Å²) in [6.07, 6.45) is 2.75. The average Bonchev–Trinajstić information content (AvgIpc) is 2.46. The molecular weight excluding hydrogens is 277 g/mol. The number of hydrogen-bond acceptors (Lipinski definition) is 4. The Morgan fingerprint density at radius 3 is 2.90 bits per heavy atom. The fraction of sp³-hybridized carbons (Fsp3) is 0.500. The van der Waals surface area contributed by atoms with Gasteiger partial charge in [-0.2, -0.15) is 4.39 Å². The second kappa shape index (κ2) is 6.62. The molecule has 1 aromatic rings. The third-order valence-electron chi connectivity index (χ3n) is 3.76. The van der Waals surface area contributed by atoms with E-state index < -0.39 is 16.4 Å². The van der Waals surface area contributed by atoms with Crippen LogP contribution < -0.4 is 5.32 Å². The number of piperidine rings is 1. The molecule has 2 rings (SSSR count). The van der Waals surface area contributed by atoms with Gasteiger partial charge in [-0.3, -0.25) is 19.8 Å². The number of nitro groups is 1. The molecule has 1 unspecified atom stereocenters. The van der Waals surface area contributed by atoms with Gasteiger partial charge in [-0.05, 0) is 31.0 Å². The summed E-state index contributed by atoms with van der Waals surface area (Å²) in [7, 11) is 1.60. The molecular formula is C14H18FN3O3. The number of rotatable bonds is 4. The third kappa shape index (κ3) is 3.55. The Hall–Kier alpha value is -2.02. The van der Waals surface area contributed by atoms with Crippen molar-refractivity contribution in [2.75, 3.05) is 13.6 Å². The first-order chi connectivity index (χ1) is 10.0. The van der Waals surface area contributed by atoms with Crippen LogP contribution in [0.25, 0.3) is 0 Å². The van der Waals surface area contributed by atoms with Gasteiger partial charge in [0.25, 0.3) is 0 Å². The minimum atomic E-state index is -0.842. The summed E-state index contributed by atoms with van der Waals surface area (Å²) in [5, 5.41) is 13.2. The standard InChI is InChI=1S/C14H18FN3O3/c1-16-14(19)13-4-2-3-7-17(13)9-10-5-6-12(18(20)21)11(15)8-10/h5-6,8,13H,2-4,7,9H2,1H3,(H,16,19). The van der Waals surface area contributed by atoms with Crippen LogP contribution in [0.1, 0.15) is 24.8 Å². The molecule has 1 aromatic carbocycles. The van der Waals surface area contributed by atoms with E-state index >= 15 is 0 Å². The van der Waals surface area contributed by atoms with Crippen LogP contribution in [-0.2, 0) is 11.3 Å². The van der Waals surface area contributed by atoms with Crippen molar-refractivity contribution in [3.05, 3.63) is 39.7 Å². The number of carbonyl (C=O) groups is 1. The Balaban J connectivity index is 2.14. The van der Waals surface area contributed by atoms with E-state index in [-0.39, 0.29) is 11.9 Å². The molecule has 1 atom stereocenters. The molecule has 0 aromatic heterocycles. The number of benzene rings is 1. The van der Waals surface area contributed by atoms with Crippen molar-refractivity contribution in [3.63, 3.8) is 0 Å². The highest BCUT2D eigenvalue weighted by Gasteiger charge is 2.28. The molecule has 0 bridgehead atoms. The van der Waals surface area contributed by atoms with Crippen molar-refractivity contribution in [1.82, 2.24) is 10.2 Å². The highest BCUT2D eigenvalue weighted by Crippen LogP contribution is 2.23. The van der Waals surface area contributed by atoms with Gasteiger partial charge in [-0.15, -0.1) is 0 Å². The molecule has 7 heteroatoms. The van der Waals surface area contributed by atoms with E-state index in [9.17, 15) is 19.3 Å². The van der Waals surface area contributed by atoms with E-state index in [2.05, 4.69) is 5.32 Å². The summed E-state index contributed by atoms with van der Waals surface area (Å²) in [6.45, 7) is 1.17. The Bertz CT molecular complexity index is 550. The molecule has 1 amide bonds. The van der Waals surface area contributed by atoms with Crippen LogP contribution in [0.5, 0.6) is 0 Å². The lowest BCUT2D eigenvalue weighted by molar-refractivity contribution is -0.387. The van der Waals surface area contributed by atoms with E-state index in [1.807, 2.05) is 4.90 Å². The third-order valence-corrected chi connectivity index (χ3v) is 3.76. The monoisotopic (exact) mass is 295 g/mol. The lowest BCUT2D eigenvalue weighted by Crippen LogP contribution is -2.48. The fourth-order valence-corrected chi connectivity index (χ4v) is 2.68. The molecule has 6 nitrogen and oxygen atoms in total. The number of amides is 1. The summed E-state index contributed by atoms with van der Waals surface area (Å²) in [6, 6.07) is 3.66. The van der Waals surface area contributed by atoms with Gasteiger partial charge >= 0.3 is 5.69 Å². The zero-order chi connectivity index (χ0) is 15.4. The summed E-state index contributed by atoms with van der Waals surface area (Å²) >= 11 is 0. The SMILES string of the molecule is CNC(=O)C1CCCCN1Cc1ccc([N+](=O)[O-])c(F)c1. The Kier molecular flexibility index (Phi) is 4.85. The minimum Gasteiger partial charge on any atom is -0.358 e. The number of carbonyl (C=O) groups excluding carboxylic acids is 1. The zero-order valence-corrected chi connectivity index (χ0v) is 11.8. The number of nitrogens with zero attached hydrogens (tertiary/aromatic N) is 2. The van der Waals surface area contributed by atoms with Gasteiger partial charge in [-0.1, -0.05) is 12.5 Å². The molecule has 1 N–H and O–H groups in total. The molecule has 1 aliphatic rings. The topological polar surface area (TPSA) is 75.5 Å². The first-order valence-electron chi connectivity index (χ1n) is 6.91. The maximum atomic E-state index is 13.6. The van der Waals surface area contributed by atoms with Gasteiger partial charge in [-0.25, -0.2) is 0 Å². The van der Waals surface area contributed by atoms with Crippen LogP contribution in [0.4, 0.5) is 10.1 Å². The van der Waals surface area contributed by atoms with Crippen molar-refractivity contribution < 1.29 is 14.1 Å². The lowest BCUT2D eigenvalue weighted by Gasteiger charge is -2.34. The molecule has 1 fully saturated rings. The van der Waals surface area contributed by atoms with Crippen molar-refractivity contribution in [2.45, 2.75) is 31.8 Å². The maximum Gasteiger partial charge on any atom is 0.304 e. The number of nitrogens with one attached hydrogen (secondary N) is 1. The van der Waals surface area contributed by atoms with Crippen molar-refractivity contribution in [3.8, 4) is 0 Å². The summed E-state index contributed by atoms with van der Waals surface area (Å²) < 4.78 is 13.6. The highest BCUT2D eigenvalue weighted by molar-refractivity contribution is 5.81. The minimum absolute atomic E-state index is 0.0444. The predicted octanol–water partition coefficient (Wildman–Crippen LogP) is 1.83. The molecule has 0 aliphatic carbocycles. The van der Waals surface area contributed by atoms with Gasteiger partial charge in [0.1, 0.15) is 0 Å². The number of likely N-dealkylation sites (N-methyl/N-ethyl adjacent to an activating group) is 1. The molecule has 1 saturated heterocycles. The molecule has 114 valence electrons. The molecule has 0 radical (unpaired) electrons. The van der Waals surface area contributed by atoms with Crippen molar-refractivity contribution in [2.24, 2.45) is 0 Å². The number of halogens is 1. The Morgan fingerprint density at radius 1 is 1.52 bits per heavy atom. The zero-order valence-electron chi connectivity index (χ0n) is 11.8. The summed E-state index contributed by atoms with van der Waals surface area (Å²) in [5.41, 5.74) is 0.106. The molecule has 21 heavy (non-hydrogen) atoms. The van der Waals surface area contributed by atoms with Crippen molar-refractivity contribution >= 4 is 11.6 Å². The average molecular weight is 295 g/mol. The second-order valence-corrected chi connectivity index (χ2v) is 5.14. The highest BCUT2D eigenvalue weighted by atomic mass is 19.1. The first-order valence-corrected chi connectivity index (χ1v) is 6.91. The lowest BCUT2D eigenvalue weighted by atomic mass is 10.0. The molecule has 1 heterocycles. The van der Waals surface area contributed by atoms with Gasteiger partial charge in [0.05, 0.1) is 11.0 Å². The van der Waals surface area contributed by atoms with Crippen LogP contribution in [0, 0.1) is 15.9 Å². The van der Waals surface area contributed by atoms with E-state index in [1.54, 1.807) is 7.05 Å². The van der Waals surface area contributed by atoms with E-state index in [0.717, 1.165) is 25.8 Å². The van der Waals surface area contributed by atoms with E-state index in [0.29, 0.717) is 12.1 Å². The smallest absolute Gasteiger partial charge is 0.304 e. The van der Waals surface area contributed by atoms with Crippen LogP contribution in [0.2, 0.25) is 0 Å². The fourth-order valence-electron chi connectivity index (χ4n) is 2.68. The second-order valence-electron chi connectivity index (χ2n) is 5.14. The normalized spacial score (nSPS) is 19.2. The Morgan fingerprint density at radius 2 is 2.29 bits per heavy atom. The van der Waals surface area contributed by atoms with Crippen LogP contribution in [0.3, 0.4) is 0 Å². The molecule has 1 aliphatic heterocycles. The largest absolute Gasteiger partial charge is 0.358 e. The predicted molar refractivity (Wildman–Crippen MR) is 75.2 cm³/mol. The number of hydrogen-bond donors (Lipinski definition) is 1. The summed E-state index contributed by atoms with van der Waals surface area (Å²) in [5.74, 6) is -0.886. The van der Waals surface area contributed by atoms with E-state index in [1.165, 1.54) is 18.2 Å². The molecule has 0 spiro atoms. The number of likely N-dealkylation sites (tertiary alicyclic amines) is 1. The van der Waals surface area contributed by atoms with E-state index in [4.69, 9.17) is 0 Å². The molecule has 0 saturated carbocycles. The van der Waals surface area contributed by atoms with Crippen LogP contribution in [0.15, 0.2) is 18.2 Å². The van der Waals surface area contributed by atoms with Gasteiger partial charge in [0.15, 0.2) is 0 Å². The maximum absolute atomic E-state index is 13.6. The summed E-state index contributed by atoms with van der Waals surface area (Å²) in [4.78, 5) is 23.7. The first kappa shape index (κ1) is 15.4.